The molecular formula is C60H117O6P. The predicted molar refractivity (Wildman–Crippen MR) is 289 cm³/mol. The molecule has 0 aliphatic carbocycles. The fraction of sp³-hybridized carbons (Fsp3) is 1.00. The quantitative estimate of drug-likeness (QED) is 0.0447. The van der Waals surface area contributed by atoms with E-state index in [2.05, 4.69) is 20.8 Å². The van der Waals surface area contributed by atoms with Crippen molar-refractivity contribution in [1.29, 1.82) is 0 Å². The Labute approximate surface area is 420 Å². The van der Waals surface area contributed by atoms with Gasteiger partial charge in [0.15, 0.2) is 0 Å². The highest BCUT2D eigenvalue weighted by Crippen LogP contribution is 2.49. The molecule has 3 heterocycles. The molecule has 3 rings (SSSR count). The van der Waals surface area contributed by atoms with E-state index in [1.54, 1.807) is 0 Å². The van der Waals surface area contributed by atoms with E-state index >= 15 is 0 Å². The first-order chi connectivity index (χ1) is 33.1. The minimum Gasteiger partial charge on any atom is -0.380 e. The van der Waals surface area contributed by atoms with Crippen molar-refractivity contribution >= 4 is 8.60 Å². The number of rotatable bonds is 54. The fourth-order valence-corrected chi connectivity index (χ4v) is 12.2. The molecule has 398 valence electrons. The molecule has 0 bridgehead atoms. The Morgan fingerprint density at radius 3 is 0.567 bits per heavy atom. The number of hydrogen-bond acceptors (Lipinski definition) is 6. The van der Waals surface area contributed by atoms with Gasteiger partial charge in [0.25, 0.3) is 0 Å². The molecule has 0 saturated carbocycles. The molecule has 0 spiro atoms. The number of unbranched alkanes of at least 4 members (excludes halogenated alkanes) is 39. The van der Waals surface area contributed by atoms with Crippen molar-refractivity contribution in [3.05, 3.63) is 0 Å². The first kappa shape index (κ1) is 61.5. The van der Waals surface area contributed by atoms with Gasteiger partial charge in [-0.1, -0.05) is 290 Å². The molecule has 0 aromatic rings. The van der Waals surface area contributed by atoms with Crippen LogP contribution in [0.15, 0.2) is 0 Å². The molecule has 0 atom stereocenters. The van der Waals surface area contributed by atoms with Gasteiger partial charge in [-0.2, -0.15) is 0 Å². The lowest BCUT2D eigenvalue weighted by Gasteiger charge is -2.44. The Hall–Kier alpha value is 0.190. The fourth-order valence-electron chi connectivity index (χ4n) is 10.8. The first-order valence-corrected chi connectivity index (χ1v) is 31.6. The van der Waals surface area contributed by atoms with Crippen LogP contribution in [0, 0.1) is 16.2 Å². The average Bonchev–Trinajstić information content (AvgIpc) is 3.30. The summed E-state index contributed by atoms with van der Waals surface area (Å²) in [5, 5.41) is 0. The summed E-state index contributed by atoms with van der Waals surface area (Å²) in [5.41, 5.74) is 0.338. The van der Waals surface area contributed by atoms with Crippen LogP contribution in [0.3, 0.4) is 0 Å². The van der Waals surface area contributed by atoms with Gasteiger partial charge < -0.3 is 27.8 Å². The Morgan fingerprint density at radius 2 is 0.418 bits per heavy atom. The van der Waals surface area contributed by atoms with Crippen LogP contribution in [0.2, 0.25) is 0 Å². The molecule has 67 heavy (non-hydrogen) atoms. The molecule has 6 nitrogen and oxygen atoms in total. The van der Waals surface area contributed by atoms with Crippen molar-refractivity contribution < 1.29 is 27.8 Å². The minimum absolute atomic E-state index is 0.113. The second-order valence-electron chi connectivity index (χ2n) is 23.1. The van der Waals surface area contributed by atoms with E-state index in [1.165, 1.54) is 289 Å². The van der Waals surface area contributed by atoms with Crippen molar-refractivity contribution in [2.45, 2.75) is 310 Å². The molecule has 3 saturated heterocycles. The van der Waals surface area contributed by atoms with Crippen LogP contribution in [-0.2, 0) is 27.8 Å². The summed E-state index contributed by atoms with van der Waals surface area (Å²) in [7, 11) is -1.45. The molecule has 0 radical (unpaired) electrons. The summed E-state index contributed by atoms with van der Waals surface area (Å²) >= 11 is 0. The molecule has 0 aromatic heterocycles. The normalized spacial score (nSPS) is 17.2. The Morgan fingerprint density at radius 1 is 0.254 bits per heavy atom. The van der Waals surface area contributed by atoms with Gasteiger partial charge in [-0.05, 0) is 19.3 Å². The van der Waals surface area contributed by atoms with Gasteiger partial charge in [0.2, 0.25) is 0 Å². The van der Waals surface area contributed by atoms with Crippen molar-refractivity contribution in [2.75, 3.05) is 59.5 Å². The summed E-state index contributed by atoms with van der Waals surface area (Å²) in [6.45, 7) is 13.8. The third-order valence-electron chi connectivity index (χ3n) is 16.1. The number of hydrogen-bond donors (Lipinski definition) is 0. The molecule has 0 unspecified atom stereocenters. The number of ether oxygens (including phenoxy) is 3. The van der Waals surface area contributed by atoms with Gasteiger partial charge in [0, 0.05) is 16.2 Å². The monoisotopic (exact) mass is 965 g/mol. The zero-order chi connectivity index (χ0) is 47.5. The van der Waals surface area contributed by atoms with Gasteiger partial charge in [0.1, 0.15) is 0 Å². The lowest BCUT2D eigenvalue weighted by Crippen LogP contribution is -2.47. The Kier molecular flexibility index (Phi) is 39.2. The van der Waals surface area contributed by atoms with Crippen LogP contribution >= 0.6 is 8.60 Å². The van der Waals surface area contributed by atoms with E-state index in [9.17, 15) is 0 Å². The van der Waals surface area contributed by atoms with E-state index in [-0.39, 0.29) is 16.2 Å². The lowest BCUT2D eigenvalue weighted by atomic mass is 9.81. The van der Waals surface area contributed by atoms with E-state index in [0.717, 1.165) is 39.6 Å². The molecule has 0 N–H and O–H groups in total. The molecule has 0 aromatic carbocycles. The molecule has 3 aliphatic rings. The second-order valence-corrected chi connectivity index (χ2v) is 24.3. The molecule has 3 fully saturated rings. The van der Waals surface area contributed by atoms with Crippen molar-refractivity contribution in [1.82, 2.24) is 0 Å². The van der Waals surface area contributed by atoms with Crippen LogP contribution in [0.5, 0.6) is 0 Å². The van der Waals surface area contributed by atoms with E-state index < -0.39 is 8.60 Å². The van der Waals surface area contributed by atoms with Crippen LogP contribution in [0.4, 0.5) is 0 Å². The van der Waals surface area contributed by atoms with E-state index in [1.807, 2.05) is 0 Å². The molecule has 3 aliphatic heterocycles. The van der Waals surface area contributed by atoms with Crippen LogP contribution in [0.25, 0.3) is 0 Å². The highest BCUT2D eigenvalue weighted by molar-refractivity contribution is 7.41. The summed E-state index contributed by atoms with van der Waals surface area (Å²) in [5.74, 6) is 0. The second kappa shape index (κ2) is 42.7. The zero-order valence-corrected chi connectivity index (χ0v) is 46.5. The van der Waals surface area contributed by atoms with Gasteiger partial charge in [0.05, 0.1) is 59.5 Å². The van der Waals surface area contributed by atoms with E-state index in [0.29, 0.717) is 19.8 Å². The maximum absolute atomic E-state index is 6.76. The Bertz CT molecular complexity index is 917. The van der Waals surface area contributed by atoms with Crippen molar-refractivity contribution in [3.63, 3.8) is 0 Å². The third kappa shape index (κ3) is 31.4. The summed E-state index contributed by atoms with van der Waals surface area (Å²) in [4.78, 5) is 0. The zero-order valence-electron chi connectivity index (χ0n) is 45.6. The molecule has 0 amide bonds. The average molecular weight is 966 g/mol. The standard InChI is InChI=1S/C60H117O6P/c1-4-7-10-13-16-19-22-25-28-31-34-37-40-43-46-58(49-61-50-58)55-64-67(65-56-59(51-62-52-59)47-44-41-38-35-32-29-26-23-20-17-14-11-8-5-2)66-57-60(53-63-54-60)48-45-42-39-36-33-30-27-24-21-18-15-12-9-6-3/h4-57H2,1-3H3. The van der Waals surface area contributed by atoms with Gasteiger partial charge in [-0.25, -0.2) is 0 Å². The SMILES string of the molecule is CCCCCCCCCCCCCCCCC1(COP(OCC2(CCCCCCCCCCCCCCCC)COC2)OCC2(CCCCCCCCCCCCCCCC)COC2)COC1. The van der Waals surface area contributed by atoms with Crippen LogP contribution in [0.1, 0.15) is 310 Å². The van der Waals surface area contributed by atoms with E-state index in [4.69, 9.17) is 27.8 Å². The third-order valence-corrected chi connectivity index (χ3v) is 17.1. The van der Waals surface area contributed by atoms with Gasteiger partial charge in [-0.3, -0.25) is 0 Å². The lowest BCUT2D eigenvalue weighted by molar-refractivity contribution is -0.155. The van der Waals surface area contributed by atoms with Crippen LogP contribution in [-0.4, -0.2) is 59.5 Å². The minimum atomic E-state index is -1.45. The van der Waals surface area contributed by atoms with Gasteiger partial charge in [-0.15, -0.1) is 0 Å². The predicted octanol–water partition coefficient (Wildman–Crippen LogP) is 19.9. The molecule has 7 heteroatoms. The van der Waals surface area contributed by atoms with Crippen molar-refractivity contribution in [3.8, 4) is 0 Å². The molecular weight excluding hydrogens is 848 g/mol. The smallest absolute Gasteiger partial charge is 0.332 e. The highest BCUT2D eigenvalue weighted by atomic mass is 31.2. The summed E-state index contributed by atoms with van der Waals surface area (Å²) in [6.07, 6.45) is 62.2. The van der Waals surface area contributed by atoms with Gasteiger partial charge >= 0.3 is 8.60 Å². The first-order valence-electron chi connectivity index (χ1n) is 30.5. The summed E-state index contributed by atoms with van der Waals surface area (Å²) < 4.78 is 37.9. The topological polar surface area (TPSA) is 55.4 Å². The maximum atomic E-state index is 6.76. The summed E-state index contributed by atoms with van der Waals surface area (Å²) in [6, 6.07) is 0. The highest BCUT2D eigenvalue weighted by Gasteiger charge is 2.44. The Balaban J connectivity index is 1.35. The maximum Gasteiger partial charge on any atom is 0.332 e. The largest absolute Gasteiger partial charge is 0.380 e. The van der Waals surface area contributed by atoms with Crippen LogP contribution < -0.4 is 0 Å². The van der Waals surface area contributed by atoms with Crippen molar-refractivity contribution in [2.24, 2.45) is 16.2 Å².